The second-order valence-corrected chi connectivity index (χ2v) is 15.7. The van der Waals surface area contributed by atoms with Gasteiger partial charge in [-0.1, -0.05) is 105 Å². The third-order valence-electron chi connectivity index (χ3n) is 10.2. The highest BCUT2D eigenvalue weighted by atomic mass is 16.7. The number of esters is 1. The molecule has 0 aromatic rings. The predicted octanol–water partition coefficient (Wildman–Crippen LogP) is 10.1. The zero-order chi connectivity index (χ0) is 42.0. The number of aliphatic carboxylic acids is 2. The molecule has 13 nitrogen and oxygen atoms in total. The maximum atomic E-state index is 12.8. The zero-order valence-electron chi connectivity index (χ0n) is 35.9. The molecule has 0 saturated heterocycles. The summed E-state index contributed by atoms with van der Waals surface area (Å²) in [5.74, 6) is -4.66. The first-order chi connectivity index (χ1) is 26.9. The molecular weight excluding hydrogens is 722 g/mol. The zero-order valence-corrected chi connectivity index (χ0v) is 35.9. The highest BCUT2D eigenvalue weighted by Gasteiger charge is 2.31. The molecule has 328 valence electrons. The van der Waals surface area contributed by atoms with Crippen LogP contribution in [0.25, 0.3) is 0 Å². The molecule has 0 radical (unpaired) electrons. The van der Waals surface area contributed by atoms with Crippen molar-refractivity contribution < 1.29 is 57.9 Å². The van der Waals surface area contributed by atoms with E-state index in [1.165, 1.54) is 12.8 Å². The van der Waals surface area contributed by atoms with E-state index in [9.17, 15) is 34.2 Å². The highest BCUT2D eigenvalue weighted by Crippen LogP contribution is 2.24. The van der Waals surface area contributed by atoms with Crippen LogP contribution in [-0.2, 0) is 38.1 Å². The molecule has 0 aliphatic rings. The number of rotatable bonds is 37. The molecule has 0 fully saturated rings. The van der Waals surface area contributed by atoms with Crippen molar-refractivity contribution >= 4 is 30.2 Å². The highest BCUT2D eigenvalue weighted by molar-refractivity contribution is 5.72. The van der Waals surface area contributed by atoms with Gasteiger partial charge in [-0.25, -0.2) is 9.59 Å². The van der Waals surface area contributed by atoms with Gasteiger partial charge in [-0.15, -0.1) is 0 Å². The van der Waals surface area contributed by atoms with E-state index in [1.807, 2.05) is 19.0 Å². The number of carbonyl (C=O) groups excluding carboxylic acids is 3. The van der Waals surface area contributed by atoms with Crippen LogP contribution in [0.3, 0.4) is 0 Å². The molecule has 0 bridgehead atoms. The van der Waals surface area contributed by atoms with Gasteiger partial charge in [-0.05, 0) is 90.3 Å². The Kier molecular flexibility index (Phi) is 33.2. The Morgan fingerprint density at radius 1 is 0.518 bits per heavy atom. The summed E-state index contributed by atoms with van der Waals surface area (Å²) in [5, 5.41) is 20.1. The molecule has 0 rings (SSSR count). The van der Waals surface area contributed by atoms with Crippen molar-refractivity contribution in [1.29, 1.82) is 0 Å². The third kappa shape index (κ3) is 30.1. The van der Waals surface area contributed by atoms with Crippen LogP contribution in [0.1, 0.15) is 169 Å². The summed E-state index contributed by atoms with van der Waals surface area (Å²) in [5.41, 5.74) is 0. The van der Waals surface area contributed by atoms with Crippen LogP contribution in [0.4, 0.5) is 9.59 Å². The molecule has 0 aromatic heterocycles. The Morgan fingerprint density at radius 2 is 0.929 bits per heavy atom. The Hall–Kier alpha value is -3.09. The van der Waals surface area contributed by atoms with Gasteiger partial charge in [-0.3, -0.25) is 14.4 Å². The largest absolute Gasteiger partial charge is 0.508 e. The van der Waals surface area contributed by atoms with Gasteiger partial charge in [0.05, 0.1) is 38.3 Å². The number of carbonyl (C=O) groups is 5. The summed E-state index contributed by atoms with van der Waals surface area (Å²) in [6.07, 6.45) is 14.4. The maximum absolute atomic E-state index is 12.8. The Balaban J connectivity index is 5.37. The Bertz CT molecular complexity index is 972. The van der Waals surface area contributed by atoms with E-state index in [-0.39, 0.29) is 70.4 Å². The van der Waals surface area contributed by atoms with Crippen molar-refractivity contribution in [2.45, 2.75) is 175 Å². The summed E-state index contributed by atoms with van der Waals surface area (Å²) < 4.78 is 27.0. The molecule has 0 aliphatic heterocycles. The van der Waals surface area contributed by atoms with Gasteiger partial charge in [0.25, 0.3) is 0 Å². The quantitative estimate of drug-likeness (QED) is 0.0345. The molecule has 0 spiro atoms. The summed E-state index contributed by atoms with van der Waals surface area (Å²) in [7, 11) is 3.75. The smallest absolute Gasteiger partial charge is 0.481 e. The molecule has 0 amide bonds. The van der Waals surface area contributed by atoms with Crippen molar-refractivity contribution in [3.8, 4) is 0 Å². The third-order valence-corrected chi connectivity index (χ3v) is 10.2. The first-order valence-corrected chi connectivity index (χ1v) is 21.7. The maximum Gasteiger partial charge on any atom is 0.508 e. The van der Waals surface area contributed by atoms with E-state index in [0.29, 0.717) is 13.0 Å². The number of carboxylic acids is 2. The Labute approximate surface area is 338 Å². The van der Waals surface area contributed by atoms with Crippen molar-refractivity contribution in [2.75, 3.05) is 47.1 Å². The van der Waals surface area contributed by atoms with Crippen LogP contribution in [-0.4, -0.2) is 98.5 Å². The van der Waals surface area contributed by atoms with Crippen LogP contribution in [0, 0.1) is 23.7 Å². The number of unbranched alkanes of at least 4 members (excludes halogenated alkanes) is 8. The van der Waals surface area contributed by atoms with Gasteiger partial charge >= 0.3 is 30.2 Å². The predicted molar refractivity (Wildman–Crippen MR) is 217 cm³/mol. The summed E-state index contributed by atoms with van der Waals surface area (Å²) in [6, 6.07) is 0. The van der Waals surface area contributed by atoms with Crippen LogP contribution in [0.2, 0.25) is 0 Å². The van der Waals surface area contributed by atoms with E-state index < -0.39 is 48.2 Å². The average molecular weight is 802 g/mol. The monoisotopic (exact) mass is 802 g/mol. The number of hydrogen-bond donors (Lipinski definition) is 2. The fraction of sp³-hybridized carbons (Fsp3) is 0.884. The average Bonchev–Trinajstić information content (AvgIpc) is 3.15. The van der Waals surface area contributed by atoms with Gasteiger partial charge in [0.2, 0.25) is 0 Å². The van der Waals surface area contributed by atoms with Crippen molar-refractivity contribution in [1.82, 2.24) is 4.90 Å². The molecule has 2 N–H and O–H groups in total. The lowest BCUT2D eigenvalue weighted by atomic mass is 9.91. The van der Waals surface area contributed by atoms with Crippen LogP contribution in [0.15, 0.2) is 0 Å². The SMILES string of the molecule is CCCCCCC(CCCC)COC(=O)OCCC(CC(CC(CCOC(=O)OCC(CCCC)CCCCCC)C(=O)O)OC(=O)CCCN(C)C)C(=O)O. The molecule has 13 heteroatoms. The van der Waals surface area contributed by atoms with Gasteiger partial charge in [0.15, 0.2) is 0 Å². The fourth-order valence-electron chi connectivity index (χ4n) is 6.65. The minimum atomic E-state index is -1.19. The van der Waals surface area contributed by atoms with Crippen LogP contribution < -0.4 is 0 Å². The van der Waals surface area contributed by atoms with Gasteiger partial charge < -0.3 is 38.8 Å². The molecule has 4 unspecified atom stereocenters. The summed E-state index contributed by atoms with van der Waals surface area (Å²) in [6.45, 7) is 9.22. The standard InChI is InChI=1S/C43H79NO12/c1-7-11-15-17-22-34(20-13-9-3)32-54-42(50)52-28-25-36(40(46)47)30-38(56-39(45)24-19-27-44(5)6)31-37(41(48)49)26-29-53-43(51)55-33-35(21-14-10-4)23-18-16-12-8-2/h34-38H,7-33H2,1-6H3,(H,46,47)(H,48,49). The first-order valence-electron chi connectivity index (χ1n) is 21.7. The van der Waals surface area contributed by atoms with E-state index >= 15 is 0 Å². The molecule has 0 aromatic carbocycles. The van der Waals surface area contributed by atoms with E-state index in [2.05, 4.69) is 27.7 Å². The van der Waals surface area contributed by atoms with Crippen molar-refractivity contribution in [3.05, 3.63) is 0 Å². The lowest BCUT2D eigenvalue weighted by Crippen LogP contribution is -2.31. The van der Waals surface area contributed by atoms with Gasteiger partial charge in [0, 0.05) is 6.42 Å². The first kappa shape index (κ1) is 52.9. The number of nitrogens with zero attached hydrogens (tertiary/aromatic N) is 1. The van der Waals surface area contributed by atoms with Gasteiger partial charge in [0.1, 0.15) is 6.10 Å². The van der Waals surface area contributed by atoms with Gasteiger partial charge in [-0.2, -0.15) is 0 Å². The number of carboxylic acid groups (broad SMARTS) is 2. The number of hydrogen-bond acceptors (Lipinski definition) is 11. The summed E-state index contributed by atoms with van der Waals surface area (Å²) in [4.78, 5) is 64.3. The lowest BCUT2D eigenvalue weighted by Gasteiger charge is -2.24. The fourth-order valence-corrected chi connectivity index (χ4v) is 6.65. The molecular formula is C43H79NO12. The number of ether oxygens (including phenoxy) is 5. The topological polar surface area (TPSA) is 175 Å². The minimum absolute atomic E-state index is 0.0732. The van der Waals surface area contributed by atoms with E-state index in [1.54, 1.807) is 0 Å². The van der Waals surface area contributed by atoms with Crippen LogP contribution in [0.5, 0.6) is 0 Å². The molecule has 0 saturated carbocycles. The molecule has 0 aliphatic carbocycles. The van der Waals surface area contributed by atoms with E-state index in [4.69, 9.17) is 23.7 Å². The molecule has 56 heavy (non-hydrogen) atoms. The minimum Gasteiger partial charge on any atom is -0.481 e. The lowest BCUT2D eigenvalue weighted by molar-refractivity contribution is -0.157. The molecule has 0 heterocycles. The second-order valence-electron chi connectivity index (χ2n) is 15.7. The summed E-state index contributed by atoms with van der Waals surface area (Å²) >= 11 is 0. The molecule has 4 atom stereocenters. The normalized spacial score (nSPS) is 14.0. The van der Waals surface area contributed by atoms with Crippen molar-refractivity contribution in [3.63, 3.8) is 0 Å². The Morgan fingerprint density at radius 3 is 1.30 bits per heavy atom. The van der Waals surface area contributed by atoms with Crippen LogP contribution >= 0.6 is 0 Å². The van der Waals surface area contributed by atoms with E-state index in [0.717, 1.165) is 89.9 Å². The second kappa shape index (κ2) is 35.1. The van der Waals surface area contributed by atoms with Crippen molar-refractivity contribution in [2.24, 2.45) is 23.7 Å².